The van der Waals surface area contributed by atoms with Gasteiger partial charge in [0.2, 0.25) is 0 Å². The van der Waals surface area contributed by atoms with Crippen molar-refractivity contribution in [3.63, 3.8) is 0 Å². The van der Waals surface area contributed by atoms with Crippen LogP contribution in [0.2, 0.25) is 0 Å². The summed E-state index contributed by atoms with van der Waals surface area (Å²) in [4.78, 5) is 29.4. The minimum atomic E-state index is -0.145. The van der Waals surface area contributed by atoms with Crippen LogP contribution in [0, 0.1) is 13.8 Å². The molecule has 1 N–H and O–H groups in total. The van der Waals surface area contributed by atoms with Gasteiger partial charge >= 0.3 is 0 Å². The molecule has 174 valence electrons. The number of thioether (sulfide) groups is 1. The molecule has 4 rings (SSSR count). The molecule has 0 spiro atoms. The summed E-state index contributed by atoms with van der Waals surface area (Å²) < 4.78 is 4.96. The number of carbonyl (C=O) groups is 2. The van der Waals surface area contributed by atoms with Gasteiger partial charge in [-0.15, -0.1) is 0 Å². The molecule has 1 aliphatic rings. The number of nitrogens with one attached hydrogen (secondary N) is 1. The van der Waals surface area contributed by atoms with Gasteiger partial charge in [0.15, 0.2) is 0 Å². The Morgan fingerprint density at radius 1 is 1.06 bits per heavy atom. The Hall–Kier alpha value is -3.35. The van der Waals surface area contributed by atoms with Crippen LogP contribution in [-0.2, 0) is 16.1 Å². The Balaban J connectivity index is 1.60. The summed E-state index contributed by atoms with van der Waals surface area (Å²) in [7, 11) is 1.60. The quantitative estimate of drug-likeness (QED) is 0.372. The van der Waals surface area contributed by atoms with Gasteiger partial charge < -0.3 is 15.0 Å². The van der Waals surface area contributed by atoms with Gasteiger partial charge in [-0.05, 0) is 60.9 Å². The van der Waals surface area contributed by atoms with Crippen LogP contribution in [0.1, 0.15) is 32.6 Å². The first kappa shape index (κ1) is 23.8. The zero-order valence-electron chi connectivity index (χ0n) is 19.6. The lowest BCUT2D eigenvalue weighted by molar-refractivity contribution is -0.114. The second-order valence-electron chi connectivity index (χ2n) is 8.27. The minimum Gasteiger partial charge on any atom is -0.383 e. The molecule has 3 aromatic carbocycles. The maximum atomic E-state index is 13.6. The predicted octanol–water partition coefficient (Wildman–Crippen LogP) is 5.36. The Morgan fingerprint density at radius 3 is 2.59 bits per heavy atom. The highest BCUT2D eigenvalue weighted by atomic mass is 32.2. The molecule has 0 atom stereocenters. The number of hydrogen-bond acceptors (Lipinski definition) is 4. The van der Waals surface area contributed by atoms with Crippen molar-refractivity contribution in [2.45, 2.75) is 25.3 Å². The van der Waals surface area contributed by atoms with Crippen LogP contribution in [-0.4, -0.2) is 32.1 Å². The van der Waals surface area contributed by atoms with Crippen molar-refractivity contribution in [2.24, 2.45) is 0 Å². The van der Waals surface area contributed by atoms with Crippen molar-refractivity contribution in [1.29, 1.82) is 0 Å². The van der Waals surface area contributed by atoms with Crippen LogP contribution < -0.4 is 10.2 Å². The van der Waals surface area contributed by atoms with Crippen molar-refractivity contribution in [3.8, 4) is 0 Å². The van der Waals surface area contributed by atoms with Gasteiger partial charge in [0.1, 0.15) is 0 Å². The van der Waals surface area contributed by atoms with E-state index in [1.54, 1.807) is 19.2 Å². The number of fused-ring (bicyclic) bond motifs is 1. The number of ether oxygens (including phenoxy) is 1. The molecule has 0 aromatic heterocycles. The van der Waals surface area contributed by atoms with Crippen molar-refractivity contribution in [1.82, 2.24) is 5.32 Å². The Morgan fingerprint density at radius 2 is 1.82 bits per heavy atom. The molecular formula is C28H28N2O3S. The molecule has 0 unspecified atom stereocenters. The zero-order valence-corrected chi connectivity index (χ0v) is 20.4. The average Bonchev–Trinajstić information content (AvgIpc) is 2.84. The van der Waals surface area contributed by atoms with Crippen molar-refractivity contribution < 1.29 is 14.3 Å². The largest absolute Gasteiger partial charge is 0.383 e. The fraction of sp³-hybridized carbons (Fsp3) is 0.214. The Labute approximate surface area is 204 Å². The summed E-state index contributed by atoms with van der Waals surface area (Å²) >= 11 is 1.48. The smallest absolute Gasteiger partial charge is 0.265 e. The number of benzene rings is 3. The third kappa shape index (κ3) is 5.41. The van der Waals surface area contributed by atoms with Gasteiger partial charge in [0.05, 0.1) is 23.7 Å². The van der Waals surface area contributed by atoms with E-state index in [1.807, 2.05) is 47.4 Å². The Kier molecular flexibility index (Phi) is 7.50. The summed E-state index contributed by atoms with van der Waals surface area (Å²) in [5.74, 6) is -0.168. The standard InChI is InChI=1S/C28H28N2O3S/c1-19-8-9-20(2)23(16-19)18-30-24-6-4-5-7-25(24)34-26(28(30)32)17-21-10-12-22(13-11-21)27(31)29-14-15-33-3/h4-13,16-17H,14-15,18H2,1-3H3,(H,29,31). The summed E-state index contributed by atoms with van der Waals surface area (Å²) in [6, 6.07) is 21.6. The SMILES string of the molecule is COCCNC(=O)c1ccc(C=C2Sc3ccccc3N(Cc3cc(C)ccc3C)C2=O)cc1. The van der Waals surface area contributed by atoms with E-state index in [2.05, 4.69) is 37.4 Å². The van der Waals surface area contributed by atoms with Gasteiger partial charge in [-0.25, -0.2) is 0 Å². The highest BCUT2D eigenvalue weighted by Gasteiger charge is 2.29. The number of hydrogen-bond donors (Lipinski definition) is 1. The van der Waals surface area contributed by atoms with Gasteiger partial charge in [0.25, 0.3) is 11.8 Å². The molecule has 1 aliphatic heterocycles. The van der Waals surface area contributed by atoms with Gasteiger partial charge in [-0.3, -0.25) is 9.59 Å². The normalized spacial score (nSPS) is 14.3. The second kappa shape index (κ2) is 10.7. The van der Waals surface area contributed by atoms with E-state index in [-0.39, 0.29) is 11.8 Å². The molecule has 0 saturated carbocycles. The molecule has 3 aromatic rings. The Bertz CT molecular complexity index is 1230. The molecule has 0 radical (unpaired) electrons. The maximum Gasteiger partial charge on any atom is 0.265 e. The molecule has 0 aliphatic carbocycles. The van der Waals surface area contributed by atoms with Crippen LogP contribution >= 0.6 is 11.8 Å². The molecular weight excluding hydrogens is 444 g/mol. The average molecular weight is 473 g/mol. The summed E-state index contributed by atoms with van der Waals surface area (Å²) in [5.41, 5.74) is 5.85. The van der Waals surface area contributed by atoms with Gasteiger partial charge in [-0.2, -0.15) is 0 Å². The maximum absolute atomic E-state index is 13.6. The zero-order chi connectivity index (χ0) is 24.1. The molecule has 2 amide bonds. The summed E-state index contributed by atoms with van der Waals surface area (Å²) in [6.07, 6.45) is 1.89. The fourth-order valence-electron chi connectivity index (χ4n) is 3.81. The van der Waals surface area contributed by atoms with E-state index < -0.39 is 0 Å². The first-order valence-electron chi connectivity index (χ1n) is 11.2. The third-order valence-corrected chi connectivity index (χ3v) is 6.80. The van der Waals surface area contributed by atoms with Crippen molar-refractivity contribution in [2.75, 3.05) is 25.2 Å². The number of anilines is 1. The third-order valence-electron chi connectivity index (χ3n) is 5.73. The van der Waals surface area contributed by atoms with Crippen LogP contribution in [0.5, 0.6) is 0 Å². The monoisotopic (exact) mass is 472 g/mol. The van der Waals surface area contributed by atoms with E-state index in [4.69, 9.17) is 4.74 Å². The second-order valence-corrected chi connectivity index (χ2v) is 9.35. The minimum absolute atomic E-state index is 0.0222. The lowest BCUT2D eigenvalue weighted by atomic mass is 10.0. The van der Waals surface area contributed by atoms with Crippen LogP contribution in [0.15, 0.2) is 76.5 Å². The number of para-hydroxylation sites is 1. The van der Waals surface area contributed by atoms with Gasteiger partial charge in [0, 0.05) is 24.1 Å². The number of aryl methyl sites for hydroxylation is 2. The van der Waals surface area contributed by atoms with Crippen molar-refractivity contribution in [3.05, 3.63) is 99.5 Å². The highest BCUT2D eigenvalue weighted by molar-refractivity contribution is 8.04. The number of rotatable bonds is 7. The summed E-state index contributed by atoms with van der Waals surface area (Å²) in [5, 5.41) is 2.81. The highest BCUT2D eigenvalue weighted by Crippen LogP contribution is 2.42. The van der Waals surface area contributed by atoms with E-state index in [1.165, 1.54) is 22.9 Å². The van der Waals surface area contributed by atoms with E-state index >= 15 is 0 Å². The number of methoxy groups -OCH3 is 1. The van der Waals surface area contributed by atoms with Crippen LogP contribution in [0.25, 0.3) is 6.08 Å². The molecule has 0 saturated heterocycles. The van der Waals surface area contributed by atoms with Crippen LogP contribution in [0.4, 0.5) is 5.69 Å². The predicted molar refractivity (Wildman–Crippen MR) is 138 cm³/mol. The number of amides is 2. The lowest BCUT2D eigenvalue weighted by Gasteiger charge is -2.31. The van der Waals surface area contributed by atoms with Crippen molar-refractivity contribution >= 4 is 35.3 Å². The first-order valence-corrected chi connectivity index (χ1v) is 12.0. The number of nitrogens with zero attached hydrogens (tertiary/aromatic N) is 1. The number of carbonyl (C=O) groups excluding carboxylic acids is 2. The topological polar surface area (TPSA) is 58.6 Å². The molecule has 5 nitrogen and oxygen atoms in total. The molecule has 0 fully saturated rings. The molecule has 6 heteroatoms. The molecule has 0 bridgehead atoms. The fourth-order valence-corrected chi connectivity index (χ4v) is 4.87. The lowest BCUT2D eigenvalue weighted by Crippen LogP contribution is -2.34. The van der Waals surface area contributed by atoms with Crippen LogP contribution in [0.3, 0.4) is 0 Å². The van der Waals surface area contributed by atoms with E-state index in [0.717, 1.165) is 21.7 Å². The first-order chi connectivity index (χ1) is 16.5. The molecule has 1 heterocycles. The van der Waals surface area contributed by atoms with E-state index in [0.29, 0.717) is 30.2 Å². The molecule has 34 heavy (non-hydrogen) atoms. The van der Waals surface area contributed by atoms with E-state index in [9.17, 15) is 9.59 Å². The summed E-state index contributed by atoms with van der Waals surface area (Å²) in [6.45, 7) is 5.59. The van der Waals surface area contributed by atoms with Gasteiger partial charge in [-0.1, -0.05) is 59.8 Å².